The van der Waals surface area contributed by atoms with E-state index in [-0.39, 0.29) is 12.1 Å². The zero-order valence-electron chi connectivity index (χ0n) is 13.9. The van der Waals surface area contributed by atoms with E-state index in [1.165, 1.54) is 0 Å². The molecule has 158 valence electrons. The molecule has 0 unspecified atom stereocenters. The molecule has 12 heteroatoms. The molecule has 2 aromatic rings. The Morgan fingerprint density at radius 3 is 1.86 bits per heavy atom. The summed E-state index contributed by atoms with van der Waals surface area (Å²) in [7, 11) is 0. The van der Waals surface area contributed by atoms with Crippen molar-refractivity contribution >= 4 is 11.8 Å². The zero-order chi connectivity index (χ0) is 22.3. The molecule has 0 radical (unpaired) electrons. The number of halogens is 10. The number of ether oxygens (including phenoxy) is 1. The second-order valence-corrected chi connectivity index (χ2v) is 5.56. The van der Waals surface area contributed by atoms with Crippen molar-refractivity contribution in [3.05, 3.63) is 59.2 Å². The fraction of sp³-hybridized carbons (Fsp3) is 0.176. The van der Waals surface area contributed by atoms with Crippen LogP contribution in [0.2, 0.25) is 0 Å². The van der Waals surface area contributed by atoms with E-state index in [0.29, 0.717) is 12.1 Å². The lowest BCUT2D eigenvalue weighted by Crippen LogP contribution is -2.44. The highest BCUT2D eigenvalue weighted by Gasteiger charge is 2.63. The Morgan fingerprint density at radius 1 is 0.931 bits per heavy atom. The van der Waals surface area contributed by atoms with Gasteiger partial charge in [-0.2, -0.15) is 26.3 Å². The first kappa shape index (κ1) is 22.4. The highest BCUT2D eigenvalue weighted by atomic mass is 19.3. The Labute approximate surface area is 156 Å². The van der Waals surface area contributed by atoms with Crippen molar-refractivity contribution < 1.29 is 48.6 Å². The van der Waals surface area contributed by atoms with E-state index < -0.39 is 69.9 Å². The van der Waals surface area contributed by atoms with E-state index in [0.717, 1.165) is 0 Å². The van der Waals surface area contributed by atoms with E-state index in [9.17, 15) is 43.9 Å². The van der Waals surface area contributed by atoms with Crippen molar-refractivity contribution in [3.8, 4) is 11.5 Å². The van der Waals surface area contributed by atoms with E-state index in [4.69, 9.17) is 5.73 Å². The van der Waals surface area contributed by atoms with Gasteiger partial charge in [0.25, 0.3) is 0 Å². The van der Waals surface area contributed by atoms with Gasteiger partial charge in [0.05, 0.1) is 11.3 Å². The van der Waals surface area contributed by atoms with E-state index >= 15 is 0 Å². The molecule has 2 aromatic carbocycles. The summed E-state index contributed by atoms with van der Waals surface area (Å²) >= 11 is 0. The summed E-state index contributed by atoms with van der Waals surface area (Å²) in [5.41, 5.74) is 1.51. The summed E-state index contributed by atoms with van der Waals surface area (Å²) in [4.78, 5) is 0. The van der Waals surface area contributed by atoms with Gasteiger partial charge in [0.1, 0.15) is 0 Å². The summed E-state index contributed by atoms with van der Waals surface area (Å²) in [5.74, 6) is -21.4. The first-order chi connectivity index (χ1) is 13.3. The van der Waals surface area contributed by atoms with E-state index in [1.807, 2.05) is 0 Å². The molecule has 0 fully saturated rings. The highest BCUT2D eigenvalue weighted by Crippen LogP contribution is 2.47. The smallest absolute Gasteiger partial charge is 0.373 e. The SMILES string of the molecule is C=Cc1c(F)c(F)c(Oc2ccc(C(F)(F)C(F)(F)C(F)F)cc2N)c(F)c1F. The molecule has 0 bridgehead atoms. The quantitative estimate of drug-likeness (QED) is 0.332. The molecule has 0 atom stereocenters. The standard InChI is InChI=1S/C17H9F10NO/c1-2-7-10(18)12(20)14(13(21)11(7)19)29-9-4-3-6(5-8(9)28)16(24,25)17(26,27)15(22)23/h2-5,15H,1,28H2. The molecule has 0 spiro atoms. The zero-order valence-corrected chi connectivity index (χ0v) is 13.9. The van der Waals surface area contributed by atoms with Crippen LogP contribution in [0.3, 0.4) is 0 Å². The Morgan fingerprint density at radius 2 is 1.45 bits per heavy atom. The van der Waals surface area contributed by atoms with Crippen LogP contribution >= 0.6 is 0 Å². The van der Waals surface area contributed by atoms with Crippen molar-refractivity contribution in [1.29, 1.82) is 0 Å². The lowest BCUT2D eigenvalue weighted by Gasteiger charge is -2.26. The van der Waals surface area contributed by atoms with Gasteiger partial charge in [-0.3, -0.25) is 0 Å². The average molecular weight is 433 g/mol. The van der Waals surface area contributed by atoms with E-state index in [2.05, 4.69) is 11.3 Å². The predicted octanol–water partition coefficient (Wildman–Crippen LogP) is 6.25. The molecule has 0 aromatic heterocycles. The molecule has 0 saturated heterocycles. The minimum absolute atomic E-state index is 0.0895. The Hall–Kier alpha value is -2.92. The summed E-state index contributed by atoms with van der Waals surface area (Å²) in [6.45, 7) is 2.97. The van der Waals surface area contributed by atoms with Crippen molar-refractivity contribution in [2.24, 2.45) is 0 Å². The maximum atomic E-state index is 13.9. The van der Waals surface area contributed by atoms with Crippen LogP contribution < -0.4 is 10.5 Å². The topological polar surface area (TPSA) is 35.2 Å². The van der Waals surface area contributed by atoms with Gasteiger partial charge in [-0.15, -0.1) is 0 Å². The number of nitrogen functional groups attached to an aromatic ring is 1. The van der Waals surface area contributed by atoms with Crippen molar-refractivity contribution in [3.63, 3.8) is 0 Å². The summed E-state index contributed by atoms with van der Waals surface area (Å²) in [6.07, 6.45) is -4.23. The largest absolute Gasteiger partial charge is 0.449 e. The van der Waals surface area contributed by atoms with Crippen LogP contribution in [0.1, 0.15) is 11.1 Å². The van der Waals surface area contributed by atoms with Gasteiger partial charge in [-0.1, -0.05) is 12.7 Å². The third-order valence-corrected chi connectivity index (χ3v) is 3.74. The van der Waals surface area contributed by atoms with Crippen LogP contribution in [0.15, 0.2) is 24.8 Å². The van der Waals surface area contributed by atoms with Gasteiger partial charge in [0.2, 0.25) is 17.4 Å². The molecule has 0 aliphatic carbocycles. The molecule has 0 aliphatic heterocycles. The van der Waals surface area contributed by atoms with Crippen LogP contribution in [0, 0.1) is 23.3 Å². The summed E-state index contributed by atoms with van der Waals surface area (Å²) < 4.78 is 138. The summed E-state index contributed by atoms with van der Waals surface area (Å²) in [5, 5.41) is 0. The predicted molar refractivity (Wildman–Crippen MR) is 82.1 cm³/mol. The number of benzene rings is 2. The van der Waals surface area contributed by atoms with Crippen LogP contribution in [0.4, 0.5) is 49.6 Å². The number of anilines is 1. The van der Waals surface area contributed by atoms with E-state index in [1.54, 1.807) is 0 Å². The number of nitrogens with two attached hydrogens (primary N) is 1. The molecule has 0 heterocycles. The van der Waals surface area contributed by atoms with Crippen LogP contribution in [-0.4, -0.2) is 12.3 Å². The van der Waals surface area contributed by atoms with Crippen LogP contribution in [-0.2, 0) is 5.92 Å². The van der Waals surface area contributed by atoms with Crippen molar-refractivity contribution in [2.45, 2.75) is 18.3 Å². The molecule has 2 N–H and O–H groups in total. The molecular weight excluding hydrogens is 424 g/mol. The van der Waals surface area contributed by atoms with Gasteiger partial charge in [0.15, 0.2) is 17.4 Å². The highest BCUT2D eigenvalue weighted by molar-refractivity contribution is 5.58. The normalized spacial score (nSPS) is 12.4. The van der Waals surface area contributed by atoms with Crippen LogP contribution in [0.5, 0.6) is 11.5 Å². The second-order valence-electron chi connectivity index (χ2n) is 5.56. The van der Waals surface area contributed by atoms with Gasteiger partial charge >= 0.3 is 18.3 Å². The van der Waals surface area contributed by atoms with Gasteiger partial charge in [0, 0.05) is 5.56 Å². The van der Waals surface area contributed by atoms with Gasteiger partial charge in [-0.05, 0) is 18.2 Å². The summed E-state index contributed by atoms with van der Waals surface area (Å²) in [6, 6.07) is 0.644. The first-order valence-electron chi connectivity index (χ1n) is 7.37. The molecule has 0 saturated carbocycles. The number of rotatable bonds is 6. The van der Waals surface area contributed by atoms with Gasteiger partial charge < -0.3 is 10.5 Å². The third kappa shape index (κ3) is 3.58. The lowest BCUT2D eigenvalue weighted by molar-refractivity contribution is -0.270. The molecule has 2 nitrogen and oxygen atoms in total. The molecule has 0 aliphatic rings. The van der Waals surface area contributed by atoms with Crippen molar-refractivity contribution in [2.75, 3.05) is 5.73 Å². The second kappa shape index (κ2) is 7.48. The monoisotopic (exact) mass is 433 g/mol. The number of hydrogen-bond acceptors (Lipinski definition) is 2. The van der Waals surface area contributed by atoms with Crippen LogP contribution in [0.25, 0.3) is 6.08 Å². The maximum absolute atomic E-state index is 13.9. The molecule has 2 rings (SSSR count). The lowest BCUT2D eigenvalue weighted by atomic mass is 10.0. The Balaban J connectivity index is 2.50. The maximum Gasteiger partial charge on any atom is 0.373 e. The third-order valence-electron chi connectivity index (χ3n) is 3.74. The van der Waals surface area contributed by atoms with Crippen molar-refractivity contribution in [1.82, 2.24) is 0 Å². The Kier molecular flexibility index (Phi) is 5.77. The minimum Gasteiger partial charge on any atom is -0.449 e. The number of hydrogen-bond donors (Lipinski definition) is 1. The Bertz CT molecular complexity index is 929. The van der Waals surface area contributed by atoms with Gasteiger partial charge in [-0.25, -0.2) is 17.6 Å². The fourth-order valence-electron chi connectivity index (χ4n) is 2.17. The average Bonchev–Trinajstić information content (AvgIpc) is 2.64. The number of alkyl halides is 6. The first-order valence-corrected chi connectivity index (χ1v) is 7.37. The molecular formula is C17H9F10NO. The molecule has 0 amide bonds. The fourth-order valence-corrected chi connectivity index (χ4v) is 2.17. The minimum atomic E-state index is -5.76. The molecule has 29 heavy (non-hydrogen) atoms.